The van der Waals surface area contributed by atoms with Crippen LogP contribution in [-0.4, -0.2) is 27.6 Å². The van der Waals surface area contributed by atoms with Gasteiger partial charge >= 0.3 is 5.97 Å². The number of carbonyl (C=O) groups is 1. The number of ether oxygens (including phenoxy) is 1. The molecule has 0 spiro atoms. The minimum absolute atomic E-state index is 0.0180. The molecule has 6 nitrogen and oxygen atoms in total. The minimum atomic E-state index is -0.652. The van der Waals surface area contributed by atoms with E-state index in [-0.39, 0.29) is 17.2 Å². The van der Waals surface area contributed by atoms with Crippen LogP contribution >= 0.6 is 0 Å². The van der Waals surface area contributed by atoms with Crippen LogP contribution < -0.4 is 5.73 Å². The number of anilines is 1. The summed E-state index contributed by atoms with van der Waals surface area (Å²) in [6.45, 7) is 1.83. The van der Waals surface area contributed by atoms with Gasteiger partial charge < -0.3 is 10.5 Å². The predicted molar refractivity (Wildman–Crippen MR) is 66.4 cm³/mol. The number of esters is 1. The van der Waals surface area contributed by atoms with Crippen molar-refractivity contribution in [3.63, 3.8) is 0 Å². The number of aryl methyl sites for hydroxylation is 1. The quantitative estimate of drug-likeness (QED) is 0.846. The Labute approximate surface area is 109 Å². The number of nitrogen functional groups attached to an aromatic ring is 1. The number of imidazole rings is 1. The highest BCUT2D eigenvalue weighted by molar-refractivity contribution is 5.92. The van der Waals surface area contributed by atoms with E-state index in [0.717, 1.165) is 6.20 Å². The molecule has 0 unspecified atom stereocenters. The van der Waals surface area contributed by atoms with Gasteiger partial charge in [-0.2, -0.15) is 0 Å². The standard InChI is InChI=1S/C12H13FN4O2/c1-3-9-16-10(12(18)19-2)11(14)17(9)8-4-5-15-6-7(8)13/h4-6H,3,14H2,1-2H3. The van der Waals surface area contributed by atoms with E-state index in [0.29, 0.717) is 12.2 Å². The third kappa shape index (κ3) is 2.14. The van der Waals surface area contributed by atoms with Crippen molar-refractivity contribution in [3.05, 3.63) is 35.8 Å². The van der Waals surface area contributed by atoms with Gasteiger partial charge in [-0.05, 0) is 6.07 Å². The molecule has 0 aliphatic rings. The molecular formula is C12H13FN4O2. The van der Waals surface area contributed by atoms with Crippen LogP contribution in [0.2, 0.25) is 0 Å². The van der Waals surface area contributed by atoms with Crippen LogP contribution in [0.3, 0.4) is 0 Å². The highest BCUT2D eigenvalue weighted by Gasteiger charge is 2.22. The normalized spacial score (nSPS) is 10.5. The van der Waals surface area contributed by atoms with Crippen LogP contribution in [0.15, 0.2) is 18.5 Å². The van der Waals surface area contributed by atoms with Crippen LogP contribution in [0, 0.1) is 5.82 Å². The summed E-state index contributed by atoms with van der Waals surface area (Å²) in [4.78, 5) is 19.3. The molecule has 0 amide bonds. The molecular weight excluding hydrogens is 251 g/mol. The minimum Gasteiger partial charge on any atom is -0.464 e. The summed E-state index contributed by atoms with van der Waals surface area (Å²) in [5.74, 6) is -0.671. The van der Waals surface area contributed by atoms with Gasteiger partial charge in [0.05, 0.1) is 19.0 Å². The van der Waals surface area contributed by atoms with Gasteiger partial charge in [-0.15, -0.1) is 0 Å². The van der Waals surface area contributed by atoms with E-state index in [9.17, 15) is 9.18 Å². The Morgan fingerprint density at radius 2 is 2.32 bits per heavy atom. The lowest BCUT2D eigenvalue weighted by molar-refractivity contribution is 0.0595. The van der Waals surface area contributed by atoms with Crippen LogP contribution in [-0.2, 0) is 11.2 Å². The second-order valence-electron chi connectivity index (χ2n) is 3.77. The molecule has 19 heavy (non-hydrogen) atoms. The number of pyridine rings is 1. The van der Waals surface area contributed by atoms with Gasteiger partial charge in [0.25, 0.3) is 0 Å². The maximum Gasteiger partial charge on any atom is 0.360 e. The van der Waals surface area contributed by atoms with Crippen molar-refractivity contribution in [1.29, 1.82) is 0 Å². The summed E-state index contributed by atoms with van der Waals surface area (Å²) >= 11 is 0. The van der Waals surface area contributed by atoms with E-state index in [1.54, 1.807) is 0 Å². The van der Waals surface area contributed by atoms with Gasteiger partial charge in [0, 0.05) is 12.6 Å². The Morgan fingerprint density at radius 1 is 1.58 bits per heavy atom. The lowest BCUT2D eigenvalue weighted by Crippen LogP contribution is -2.09. The predicted octanol–water partition coefficient (Wildman–Crippen LogP) is 1.34. The molecule has 2 rings (SSSR count). The summed E-state index contributed by atoms with van der Waals surface area (Å²) in [7, 11) is 1.24. The fourth-order valence-electron chi connectivity index (χ4n) is 1.78. The monoisotopic (exact) mass is 264 g/mol. The average Bonchev–Trinajstić information content (AvgIpc) is 2.75. The zero-order chi connectivity index (χ0) is 14.0. The Hall–Kier alpha value is -2.44. The highest BCUT2D eigenvalue weighted by Crippen LogP contribution is 2.23. The molecule has 0 saturated carbocycles. The Morgan fingerprint density at radius 3 is 2.89 bits per heavy atom. The number of rotatable bonds is 3. The second-order valence-corrected chi connectivity index (χ2v) is 3.77. The zero-order valence-corrected chi connectivity index (χ0v) is 10.6. The van der Waals surface area contributed by atoms with Crippen molar-refractivity contribution < 1.29 is 13.9 Å². The SMILES string of the molecule is CCc1nc(C(=O)OC)c(N)n1-c1ccncc1F. The third-order valence-electron chi connectivity index (χ3n) is 2.67. The second kappa shape index (κ2) is 5.05. The number of hydrogen-bond donors (Lipinski definition) is 1. The van der Waals surface area contributed by atoms with Crippen molar-refractivity contribution in [2.24, 2.45) is 0 Å². The summed E-state index contributed by atoms with van der Waals surface area (Å²) in [6, 6.07) is 1.47. The molecule has 100 valence electrons. The third-order valence-corrected chi connectivity index (χ3v) is 2.67. The van der Waals surface area contributed by atoms with Gasteiger partial charge in [0.2, 0.25) is 0 Å². The molecule has 0 radical (unpaired) electrons. The number of nitrogens with two attached hydrogens (primary N) is 1. The van der Waals surface area contributed by atoms with Crippen molar-refractivity contribution in [1.82, 2.24) is 14.5 Å². The summed E-state index contributed by atoms with van der Waals surface area (Å²) in [5, 5.41) is 0. The van der Waals surface area contributed by atoms with Crippen LogP contribution in [0.25, 0.3) is 5.69 Å². The van der Waals surface area contributed by atoms with E-state index in [1.807, 2.05) is 6.92 Å². The molecule has 2 aromatic heterocycles. The topological polar surface area (TPSA) is 83.0 Å². The smallest absolute Gasteiger partial charge is 0.360 e. The fourth-order valence-corrected chi connectivity index (χ4v) is 1.78. The average molecular weight is 264 g/mol. The lowest BCUT2D eigenvalue weighted by atomic mass is 10.3. The van der Waals surface area contributed by atoms with Gasteiger partial charge in [-0.1, -0.05) is 6.92 Å². The van der Waals surface area contributed by atoms with E-state index in [2.05, 4.69) is 14.7 Å². The van der Waals surface area contributed by atoms with Crippen molar-refractivity contribution in [2.45, 2.75) is 13.3 Å². The summed E-state index contributed by atoms with van der Waals surface area (Å²) in [6.07, 6.45) is 3.00. The Bertz CT molecular complexity index is 624. The number of hydrogen-bond acceptors (Lipinski definition) is 5. The van der Waals surface area contributed by atoms with E-state index in [1.165, 1.54) is 23.9 Å². The Balaban J connectivity index is 2.66. The highest BCUT2D eigenvalue weighted by atomic mass is 19.1. The molecule has 0 saturated heterocycles. The molecule has 0 atom stereocenters. The first kappa shape index (κ1) is 13.0. The molecule has 2 heterocycles. The maximum atomic E-state index is 13.8. The fraction of sp³-hybridized carbons (Fsp3) is 0.250. The maximum absolute atomic E-state index is 13.8. The van der Waals surface area contributed by atoms with Gasteiger partial charge in [0.1, 0.15) is 11.6 Å². The van der Waals surface area contributed by atoms with Crippen LogP contribution in [0.5, 0.6) is 0 Å². The molecule has 7 heteroatoms. The number of carbonyl (C=O) groups excluding carboxylic acids is 1. The lowest BCUT2D eigenvalue weighted by Gasteiger charge is -2.09. The summed E-state index contributed by atoms with van der Waals surface area (Å²) in [5.41, 5.74) is 6.05. The summed E-state index contributed by atoms with van der Waals surface area (Å²) < 4.78 is 19.8. The molecule has 0 aromatic carbocycles. The van der Waals surface area contributed by atoms with E-state index < -0.39 is 11.8 Å². The molecule has 2 N–H and O–H groups in total. The zero-order valence-electron chi connectivity index (χ0n) is 10.6. The molecule has 0 aliphatic carbocycles. The van der Waals surface area contributed by atoms with Crippen LogP contribution in [0.1, 0.15) is 23.2 Å². The number of aromatic nitrogens is 3. The van der Waals surface area contributed by atoms with Crippen molar-refractivity contribution >= 4 is 11.8 Å². The first-order valence-electron chi connectivity index (χ1n) is 5.65. The first-order chi connectivity index (χ1) is 9.10. The van der Waals surface area contributed by atoms with Gasteiger partial charge in [-0.3, -0.25) is 9.55 Å². The largest absolute Gasteiger partial charge is 0.464 e. The van der Waals surface area contributed by atoms with E-state index >= 15 is 0 Å². The number of nitrogens with zero attached hydrogens (tertiary/aromatic N) is 3. The van der Waals surface area contributed by atoms with Gasteiger partial charge in [-0.25, -0.2) is 14.2 Å². The van der Waals surface area contributed by atoms with Crippen molar-refractivity contribution in [3.8, 4) is 5.69 Å². The van der Waals surface area contributed by atoms with Crippen LogP contribution in [0.4, 0.5) is 10.2 Å². The molecule has 0 bridgehead atoms. The Kier molecular flexibility index (Phi) is 3.46. The molecule has 0 fully saturated rings. The van der Waals surface area contributed by atoms with E-state index in [4.69, 9.17) is 5.73 Å². The number of methoxy groups -OCH3 is 1. The number of halogens is 1. The first-order valence-corrected chi connectivity index (χ1v) is 5.65. The molecule has 0 aliphatic heterocycles. The van der Waals surface area contributed by atoms with Gasteiger partial charge in [0.15, 0.2) is 11.5 Å². The van der Waals surface area contributed by atoms with Crippen molar-refractivity contribution in [2.75, 3.05) is 12.8 Å². The molecule has 2 aromatic rings.